The van der Waals surface area contributed by atoms with Crippen LogP contribution in [-0.4, -0.2) is 42.0 Å². The number of methoxy groups -OCH3 is 2. The summed E-state index contributed by atoms with van der Waals surface area (Å²) in [6, 6.07) is 11.3. The fourth-order valence-corrected chi connectivity index (χ4v) is 4.91. The lowest BCUT2D eigenvalue weighted by Gasteiger charge is -2.35. The predicted octanol–water partition coefficient (Wildman–Crippen LogP) is 5.11. The maximum atomic E-state index is 13.3. The van der Waals surface area contributed by atoms with Gasteiger partial charge >= 0.3 is 0 Å². The first kappa shape index (κ1) is 22.2. The van der Waals surface area contributed by atoms with Crippen molar-refractivity contribution in [3.05, 3.63) is 64.2 Å². The highest BCUT2D eigenvalue weighted by Gasteiger charge is 2.49. The number of aliphatic hydroxyl groups is 1. The average molecular weight is 456 g/mol. The summed E-state index contributed by atoms with van der Waals surface area (Å²) in [4.78, 5) is 28.2. The number of Topliss-reactive ketones (excluding diaryl/α,β-unsaturated/α-hetero) is 1. The Morgan fingerprint density at radius 3 is 2.47 bits per heavy atom. The molecular weight excluding hydrogens is 430 g/mol. The largest absolute Gasteiger partial charge is 0.507 e. The van der Waals surface area contributed by atoms with Gasteiger partial charge in [0.25, 0.3) is 11.7 Å². The van der Waals surface area contributed by atoms with Crippen LogP contribution in [0.2, 0.25) is 5.02 Å². The van der Waals surface area contributed by atoms with Crippen molar-refractivity contribution in [1.82, 2.24) is 4.90 Å². The van der Waals surface area contributed by atoms with Crippen LogP contribution in [0.15, 0.2) is 48.0 Å². The zero-order valence-electron chi connectivity index (χ0n) is 18.1. The van der Waals surface area contributed by atoms with Crippen molar-refractivity contribution in [2.45, 2.75) is 44.2 Å². The molecular formula is C25H26ClNO5. The topological polar surface area (TPSA) is 76.1 Å². The van der Waals surface area contributed by atoms with E-state index in [1.165, 1.54) is 13.2 Å². The molecule has 2 fully saturated rings. The second kappa shape index (κ2) is 9.25. The second-order valence-corrected chi connectivity index (χ2v) is 8.56. The van der Waals surface area contributed by atoms with Gasteiger partial charge in [0.05, 0.1) is 31.4 Å². The molecule has 0 bridgehead atoms. The molecule has 1 saturated carbocycles. The Morgan fingerprint density at radius 2 is 1.78 bits per heavy atom. The van der Waals surface area contributed by atoms with Gasteiger partial charge in [0.2, 0.25) is 0 Å². The van der Waals surface area contributed by atoms with Crippen molar-refractivity contribution in [3.63, 3.8) is 0 Å². The van der Waals surface area contributed by atoms with E-state index >= 15 is 0 Å². The third-order valence-corrected chi connectivity index (χ3v) is 6.51. The van der Waals surface area contributed by atoms with Gasteiger partial charge in [0.15, 0.2) is 0 Å². The number of carbonyl (C=O) groups is 2. The van der Waals surface area contributed by atoms with Gasteiger partial charge in [-0.2, -0.15) is 0 Å². The zero-order chi connectivity index (χ0) is 22.8. The van der Waals surface area contributed by atoms with Gasteiger partial charge in [0.1, 0.15) is 17.3 Å². The van der Waals surface area contributed by atoms with Crippen LogP contribution in [0, 0.1) is 0 Å². The number of halogens is 1. The zero-order valence-corrected chi connectivity index (χ0v) is 18.9. The van der Waals surface area contributed by atoms with E-state index in [1.807, 2.05) is 12.1 Å². The third kappa shape index (κ3) is 3.95. The van der Waals surface area contributed by atoms with Gasteiger partial charge in [-0.15, -0.1) is 0 Å². The van der Waals surface area contributed by atoms with Crippen molar-refractivity contribution in [2.24, 2.45) is 0 Å². The summed E-state index contributed by atoms with van der Waals surface area (Å²) in [5.74, 6) is -0.624. The van der Waals surface area contributed by atoms with Crippen LogP contribution >= 0.6 is 11.6 Å². The number of nitrogens with zero attached hydrogens (tertiary/aromatic N) is 1. The van der Waals surface area contributed by atoms with Crippen LogP contribution < -0.4 is 9.47 Å². The molecule has 2 aromatic rings. The number of hydrogen-bond donors (Lipinski definition) is 1. The Balaban J connectivity index is 1.93. The number of amides is 1. The average Bonchev–Trinajstić information content (AvgIpc) is 3.09. The van der Waals surface area contributed by atoms with Crippen molar-refractivity contribution in [2.75, 3.05) is 14.2 Å². The third-order valence-electron chi connectivity index (χ3n) is 6.27. The Kier molecular flexibility index (Phi) is 6.42. The molecule has 6 nitrogen and oxygen atoms in total. The summed E-state index contributed by atoms with van der Waals surface area (Å²) in [6.07, 6.45) is 4.77. The van der Waals surface area contributed by atoms with E-state index in [1.54, 1.807) is 36.3 Å². The minimum absolute atomic E-state index is 0.0365. The molecule has 32 heavy (non-hydrogen) atoms. The van der Waals surface area contributed by atoms with E-state index in [0.29, 0.717) is 22.1 Å². The van der Waals surface area contributed by atoms with Crippen LogP contribution in [0.3, 0.4) is 0 Å². The van der Waals surface area contributed by atoms with Crippen molar-refractivity contribution >= 4 is 29.1 Å². The van der Waals surface area contributed by atoms with Crippen molar-refractivity contribution in [1.29, 1.82) is 0 Å². The summed E-state index contributed by atoms with van der Waals surface area (Å²) in [7, 11) is 3.04. The summed E-state index contributed by atoms with van der Waals surface area (Å²) < 4.78 is 10.8. The predicted molar refractivity (Wildman–Crippen MR) is 122 cm³/mol. The molecule has 168 valence electrons. The fourth-order valence-electron chi connectivity index (χ4n) is 4.74. The highest BCUT2D eigenvalue weighted by Crippen LogP contribution is 2.44. The van der Waals surface area contributed by atoms with Crippen LogP contribution in [-0.2, 0) is 9.59 Å². The molecule has 0 spiro atoms. The van der Waals surface area contributed by atoms with Crippen LogP contribution in [0.5, 0.6) is 11.5 Å². The first-order valence-corrected chi connectivity index (χ1v) is 11.1. The van der Waals surface area contributed by atoms with E-state index in [4.69, 9.17) is 21.1 Å². The lowest BCUT2D eigenvalue weighted by molar-refractivity contribution is -0.141. The molecule has 1 heterocycles. The maximum Gasteiger partial charge on any atom is 0.295 e. The lowest BCUT2D eigenvalue weighted by Crippen LogP contribution is -2.40. The number of benzene rings is 2. The highest BCUT2D eigenvalue weighted by atomic mass is 35.5. The SMILES string of the molecule is COc1cccc(C2/C(=C(\O)c3cc(Cl)ccc3OC)C(=O)C(=O)N2C2CCCCC2)c1. The van der Waals surface area contributed by atoms with Gasteiger partial charge in [0, 0.05) is 11.1 Å². The van der Waals surface area contributed by atoms with Crippen molar-refractivity contribution in [3.8, 4) is 11.5 Å². The van der Waals surface area contributed by atoms with Gasteiger partial charge < -0.3 is 19.5 Å². The smallest absolute Gasteiger partial charge is 0.295 e. The van der Waals surface area contributed by atoms with Crippen molar-refractivity contribution < 1.29 is 24.2 Å². The van der Waals surface area contributed by atoms with E-state index < -0.39 is 17.7 Å². The number of ether oxygens (including phenoxy) is 2. The van der Waals surface area contributed by atoms with E-state index in [2.05, 4.69) is 0 Å². The Bertz CT molecular complexity index is 1070. The van der Waals surface area contributed by atoms with E-state index in [-0.39, 0.29) is 22.9 Å². The number of ketones is 1. The molecule has 1 aliphatic carbocycles. The van der Waals surface area contributed by atoms with E-state index in [9.17, 15) is 14.7 Å². The first-order chi connectivity index (χ1) is 15.5. The molecule has 2 aromatic carbocycles. The molecule has 1 aliphatic heterocycles. The molecule has 0 aromatic heterocycles. The monoisotopic (exact) mass is 455 g/mol. The van der Waals surface area contributed by atoms with Gasteiger partial charge in [-0.3, -0.25) is 9.59 Å². The Hall–Kier alpha value is -2.99. The highest BCUT2D eigenvalue weighted by molar-refractivity contribution is 6.46. The summed E-state index contributed by atoms with van der Waals surface area (Å²) in [5, 5.41) is 11.7. The van der Waals surface area contributed by atoms with Crippen LogP contribution in [0.1, 0.15) is 49.3 Å². The number of aliphatic hydroxyl groups excluding tert-OH is 1. The Morgan fingerprint density at radius 1 is 1.03 bits per heavy atom. The number of carbonyl (C=O) groups excluding carboxylic acids is 2. The van der Waals surface area contributed by atoms with E-state index in [0.717, 1.165) is 32.1 Å². The minimum Gasteiger partial charge on any atom is -0.507 e. The fraction of sp³-hybridized carbons (Fsp3) is 0.360. The number of rotatable bonds is 5. The minimum atomic E-state index is -0.725. The van der Waals surface area contributed by atoms with Gasteiger partial charge in [-0.1, -0.05) is 43.0 Å². The second-order valence-electron chi connectivity index (χ2n) is 8.12. The molecule has 1 unspecified atom stereocenters. The standard InChI is InChI=1S/C25H26ClNO5/c1-31-18-10-6-7-15(13-18)22-21(23(28)19-14-16(26)11-12-20(19)32-2)24(29)25(30)27(22)17-8-4-3-5-9-17/h6-7,10-14,17,22,28H,3-5,8-9H2,1-2H3/b23-21+. The molecule has 4 rings (SSSR count). The first-order valence-electron chi connectivity index (χ1n) is 10.7. The molecule has 1 amide bonds. The lowest BCUT2D eigenvalue weighted by atomic mass is 9.91. The molecule has 7 heteroatoms. The van der Waals surface area contributed by atoms with Gasteiger partial charge in [-0.25, -0.2) is 0 Å². The summed E-state index contributed by atoms with van der Waals surface area (Å²) >= 11 is 6.16. The van der Waals surface area contributed by atoms with Crippen LogP contribution in [0.25, 0.3) is 5.76 Å². The number of hydrogen-bond acceptors (Lipinski definition) is 5. The van der Waals surface area contributed by atoms with Crippen LogP contribution in [0.4, 0.5) is 0 Å². The molecule has 1 atom stereocenters. The molecule has 1 N–H and O–H groups in total. The summed E-state index contributed by atoms with van der Waals surface area (Å²) in [6.45, 7) is 0. The van der Waals surface area contributed by atoms with Gasteiger partial charge in [-0.05, 0) is 48.7 Å². The molecule has 2 aliphatic rings. The Labute approximate surface area is 192 Å². The molecule has 1 saturated heterocycles. The molecule has 0 radical (unpaired) electrons. The summed E-state index contributed by atoms with van der Waals surface area (Å²) in [5.41, 5.74) is 1.01. The maximum absolute atomic E-state index is 13.3. The normalized spacial score (nSPS) is 21.1. The number of likely N-dealkylation sites (tertiary alicyclic amines) is 1. The quantitative estimate of drug-likeness (QED) is 0.385.